The molecule has 3 saturated heterocycles. The molecule has 3 aromatic rings. The average molecular weight is 409 g/mol. The molecule has 30 heavy (non-hydrogen) atoms. The molecule has 0 spiro atoms. The summed E-state index contributed by atoms with van der Waals surface area (Å²) >= 11 is 0. The minimum absolute atomic E-state index is 0.267. The number of hydrogen-bond donors (Lipinski definition) is 2. The highest BCUT2D eigenvalue weighted by molar-refractivity contribution is 5.92. The van der Waals surface area contributed by atoms with Gasteiger partial charge in [0.1, 0.15) is 5.82 Å². The van der Waals surface area contributed by atoms with E-state index >= 15 is 0 Å². The van der Waals surface area contributed by atoms with Gasteiger partial charge in [0, 0.05) is 12.6 Å². The van der Waals surface area contributed by atoms with Crippen molar-refractivity contribution in [3.05, 3.63) is 23.9 Å². The molecule has 3 atom stereocenters. The van der Waals surface area contributed by atoms with E-state index in [1.807, 2.05) is 6.07 Å². The van der Waals surface area contributed by atoms with Gasteiger partial charge < -0.3 is 20.1 Å². The van der Waals surface area contributed by atoms with Crippen molar-refractivity contribution in [2.24, 2.45) is 0 Å². The topological polar surface area (TPSA) is 107 Å². The van der Waals surface area contributed by atoms with Gasteiger partial charge >= 0.3 is 0 Å². The van der Waals surface area contributed by atoms with Crippen molar-refractivity contribution in [1.82, 2.24) is 25.0 Å². The normalized spacial score (nSPS) is 29.0. The van der Waals surface area contributed by atoms with E-state index in [0.717, 1.165) is 54.9 Å². The summed E-state index contributed by atoms with van der Waals surface area (Å²) in [5.74, 6) is 2.64. The number of pyridine rings is 1. The first-order valence-corrected chi connectivity index (χ1v) is 10.9. The van der Waals surface area contributed by atoms with Gasteiger partial charge in [-0.15, -0.1) is 5.10 Å². The lowest BCUT2D eigenvalue weighted by molar-refractivity contribution is -0.00359. The van der Waals surface area contributed by atoms with E-state index < -0.39 is 0 Å². The fraction of sp³-hybridized carbons (Fsp3) is 0.571. The second kappa shape index (κ2) is 6.95. The number of nitrogens with zero attached hydrogens (tertiary/aromatic N) is 5. The summed E-state index contributed by atoms with van der Waals surface area (Å²) in [6.07, 6.45) is 6.80. The molecule has 0 amide bonds. The minimum atomic E-state index is 0.267. The Morgan fingerprint density at radius 2 is 2.07 bits per heavy atom. The molecule has 0 radical (unpaired) electrons. The number of aromatic amines is 1. The third-order valence-corrected chi connectivity index (χ3v) is 6.79. The van der Waals surface area contributed by atoms with Gasteiger partial charge in [0.15, 0.2) is 17.3 Å². The predicted molar refractivity (Wildman–Crippen MR) is 113 cm³/mol. The van der Waals surface area contributed by atoms with Crippen molar-refractivity contribution in [3.8, 4) is 5.82 Å². The summed E-state index contributed by atoms with van der Waals surface area (Å²) in [6.45, 7) is 4.42. The number of rotatable bonds is 3. The van der Waals surface area contributed by atoms with Gasteiger partial charge in [-0.3, -0.25) is 5.10 Å². The quantitative estimate of drug-likeness (QED) is 0.684. The Bertz CT molecular complexity index is 1050. The smallest absolute Gasteiger partial charge is 0.169 e. The molecule has 3 aliphatic heterocycles. The summed E-state index contributed by atoms with van der Waals surface area (Å²) in [5.41, 5.74) is 8.49. The Balaban J connectivity index is 1.54. The summed E-state index contributed by atoms with van der Waals surface area (Å²) < 4.78 is 13.5. The molecular formula is C21H27N7O2. The number of H-pyrrole nitrogens is 1. The van der Waals surface area contributed by atoms with Gasteiger partial charge in [0.2, 0.25) is 0 Å². The standard InChI is InChI=1S/C21H27N7O2/c1-12-11-29-7-6-27(12)18-10-16(13-8-14-2-3-15(9-13)30-14)19-20(22)26-28(21(19)24-18)17-4-5-23-25-17/h4-5,10,12-15H,2-3,6-9,11H2,1H3,(H2,22,26)(H,23,25)/t12-,13?,14?,15?/m1/s1. The maximum absolute atomic E-state index is 6.46. The highest BCUT2D eigenvalue weighted by atomic mass is 16.5. The Hall–Kier alpha value is -2.65. The first kappa shape index (κ1) is 18.1. The molecule has 0 aromatic carbocycles. The molecule has 9 nitrogen and oxygen atoms in total. The molecule has 3 N–H and O–H groups in total. The van der Waals surface area contributed by atoms with Gasteiger partial charge in [0.25, 0.3) is 0 Å². The van der Waals surface area contributed by atoms with Crippen LogP contribution in [0.5, 0.6) is 0 Å². The predicted octanol–water partition coefficient (Wildman–Crippen LogP) is 2.38. The van der Waals surface area contributed by atoms with E-state index in [1.54, 1.807) is 10.9 Å². The summed E-state index contributed by atoms with van der Waals surface area (Å²) in [4.78, 5) is 7.38. The molecule has 3 aromatic heterocycles. The fourth-order valence-electron chi connectivity index (χ4n) is 5.34. The van der Waals surface area contributed by atoms with Crippen LogP contribution in [-0.4, -0.2) is 63.0 Å². The highest BCUT2D eigenvalue weighted by Gasteiger charge is 2.37. The number of aromatic nitrogens is 5. The number of nitrogens with two attached hydrogens (primary N) is 1. The molecule has 158 valence electrons. The molecule has 0 saturated carbocycles. The maximum Gasteiger partial charge on any atom is 0.169 e. The molecular weight excluding hydrogens is 382 g/mol. The highest BCUT2D eigenvalue weighted by Crippen LogP contribution is 2.44. The lowest BCUT2D eigenvalue weighted by atomic mass is 9.87. The molecule has 9 heteroatoms. The zero-order valence-corrected chi connectivity index (χ0v) is 17.1. The molecule has 6 heterocycles. The van der Waals surface area contributed by atoms with Crippen LogP contribution in [0.1, 0.15) is 44.1 Å². The molecule has 2 unspecified atom stereocenters. The monoisotopic (exact) mass is 409 g/mol. The number of nitrogens with one attached hydrogen (secondary N) is 1. The number of hydrogen-bond acceptors (Lipinski definition) is 7. The summed E-state index contributed by atoms with van der Waals surface area (Å²) in [5, 5.41) is 12.7. The maximum atomic E-state index is 6.46. The van der Waals surface area contributed by atoms with Crippen LogP contribution in [0.4, 0.5) is 11.6 Å². The van der Waals surface area contributed by atoms with Crippen molar-refractivity contribution in [2.45, 2.75) is 56.8 Å². The number of nitrogen functional groups attached to an aromatic ring is 1. The lowest BCUT2D eigenvalue weighted by Gasteiger charge is -2.35. The lowest BCUT2D eigenvalue weighted by Crippen LogP contribution is -2.44. The largest absolute Gasteiger partial charge is 0.382 e. The number of anilines is 2. The van der Waals surface area contributed by atoms with Crippen LogP contribution >= 0.6 is 0 Å². The van der Waals surface area contributed by atoms with Crippen LogP contribution < -0.4 is 10.6 Å². The third kappa shape index (κ3) is 2.87. The second-order valence-corrected chi connectivity index (χ2v) is 8.75. The van der Waals surface area contributed by atoms with Crippen molar-refractivity contribution in [3.63, 3.8) is 0 Å². The zero-order valence-electron chi connectivity index (χ0n) is 17.1. The number of morpholine rings is 1. The van der Waals surface area contributed by atoms with Gasteiger partial charge in [-0.2, -0.15) is 9.78 Å². The molecule has 6 rings (SSSR count). The van der Waals surface area contributed by atoms with Crippen LogP contribution in [0.25, 0.3) is 16.9 Å². The van der Waals surface area contributed by atoms with E-state index in [2.05, 4.69) is 33.2 Å². The van der Waals surface area contributed by atoms with Crippen molar-refractivity contribution in [2.75, 3.05) is 30.4 Å². The zero-order chi connectivity index (χ0) is 20.2. The first-order chi connectivity index (χ1) is 14.7. The minimum Gasteiger partial charge on any atom is -0.382 e. The van der Waals surface area contributed by atoms with Crippen LogP contribution in [0, 0.1) is 0 Å². The van der Waals surface area contributed by atoms with Crippen molar-refractivity contribution >= 4 is 22.7 Å². The van der Waals surface area contributed by atoms with Crippen LogP contribution in [-0.2, 0) is 9.47 Å². The fourth-order valence-corrected chi connectivity index (χ4v) is 5.34. The van der Waals surface area contributed by atoms with E-state index in [0.29, 0.717) is 37.2 Å². The van der Waals surface area contributed by atoms with Crippen LogP contribution in [0.15, 0.2) is 18.3 Å². The summed E-state index contributed by atoms with van der Waals surface area (Å²) in [7, 11) is 0. The molecule has 3 fully saturated rings. The van der Waals surface area contributed by atoms with Crippen LogP contribution in [0.2, 0.25) is 0 Å². The summed E-state index contributed by atoms with van der Waals surface area (Å²) in [6, 6.07) is 4.39. The molecule has 2 bridgehead atoms. The van der Waals surface area contributed by atoms with Crippen molar-refractivity contribution < 1.29 is 9.47 Å². The average Bonchev–Trinajstić information content (AvgIpc) is 3.47. The molecule has 3 aliphatic rings. The SMILES string of the molecule is C[C@@H]1COCCN1c1cc(C2CC3CCC(C2)O3)c2c(N)nn(-c3ccn[nH]3)c2n1. The first-order valence-electron chi connectivity index (χ1n) is 10.9. The van der Waals surface area contributed by atoms with Gasteiger partial charge in [-0.05, 0) is 50.2 Å². The van der Waals surface area contributed by atoms with Gasteiger partial charge in [-0.1, -0.05) is 0 Å². The Kier molecular flexibility index (Phi) is 4.21. The van der Waals surface area contributed by atoms with Gasteiger partial charge in [-0.25, -0.2) is 4.98 Å². The Morgan fingerprint density at radius 3 is 2.80 bits per heavy atom. The van der Waals surface area contributed by atoms with E-state index in [9.17, 15) is 0 Å². The van der Waals surface area contributed by atoms with E-state index in [4.69, 9.17) is 20.2 Å². The third-order valence-electron chi connectivity index (χ3n) is 6.79. The second-order valence-electron chi connectivity index (χ2n) is 8.75. The van der Waals surface area contributed by atoms with Crippen LogP contribution in [0.3, 0.4) is 0 Å². The number of ether oxygens (including phenoxy) is 2. The van der Waals surface area contributed by atoms with E-state index in [-0.39, 0.29) is 6.04 Å². The number of fused-ring (bicyclic) bond motifs is 3. The van der Waals surface area contributed by atoms with Crippen molar-refractivity contribution in [1.29, 1.82) is 0 Å². The van der Waals surface area contributed by atoms with E-state index in [1.165, 1.54) is 5.56 Å². The molecule has 0 aliphatic carbocycles. The Labute approximate surface area is 174 Å². The Morgan fingerprint density at radius 1 is 1.23 bits per heavy atom. The van der Waals surface area contributed by atoms with Gasteiger partial charge in [0.05, 0.1) is 43.0 Å².